The molecule has 1 amide bonds. The summed E-state index contributed by atoms with van der Waals surface area (Å²) >= 11 is 0. The summed E-state index contributed by atoms with van der Waals surface area (Å²) in [4.78, 5) is 32.0. The Morgan fingerprint density at radius 1 is 0.974 bits per heavy atom. The number of piperidine rings is 3. The lowest BCUT2D eigenvalue weighted by Gasteiger charge is -2.54. The zero-order valence-electron chi connectivity index (χ0n) is 23.1. The first-order chi connectivity index (χ1) is 18.3. The van der Waals surface area contributed by atoms with Crippen molar-refractivity contribution in [1.29, 1.82) is 0 Å². The van der Waals surface area contributed by atoms with Crippen LogP contribution in [0.3, 0.4) is 0 Å². The molecule has 1 aliphatic carbocycles. The van der Waals surface area contributed by atoms with Crippen molar-refractivity contribution in [3.8, 4) is 0 Å². The number of aryl methyl sites for hydroxylation is 4. The third kappa shape index (κ3) is 3.55. The molecule has 2 aromatic heterocycles. The van der Waals surface area contributed by atoms with Crippen LogP contribution in [0.1, 0.15) is 66.5 Å². The molecule has 3 saturated heterocycles. The largest absolute Gasteiger partial charge is 0.461 e. The number of hydrogen-bond acceptors (Lipinski definition) is 5. The first-order valence-corrected chi connectivity index (χ1v) is 14.5. The number of nitrogens with zero attached hydrogens (tertiary/aromatic N) is 2. The number of amides is 1. The van der Waals surface area contributed by atoms with Crippen molar-refractivity contribution in [1.82, 2.24) is 9.80 Å². The Hall–Kier alpha value is -2.86. The normalized spacial score (nSPS) is 27.4. The van der Waals surface area contributed by atoms with Crippen LogP contribution in [0.4, 0.5) is 0 Å². The van der Waals surface area contributed by atoms with Gasteiger partial charge in [-0.25, -0.2) is 4.79 Å². The van der Waals surface area contributed by atoms with Crippen molar-refractivity contribution < 1.29 is 13.6 Å². The molecule has 0 radical (unpaired) electrons. The molecule has 3 aliphatic heterocycles. The highest BCUT2D eigenvalue weighted by Gasteiger charge is 2.47. The van der Waals surface area contributed by atoms with Gasteiger partial charge >= 0.3 is 5.63 Å². The number of rotatable bonds is 2. The highest BCUT2D eigenvalue weighted by atomic mass is 16.4. The molecule has 2 bridgehead atoms. The lowest BCUT2D eigenvalue weighted by atomic mass is 9.68. The standard InChI is InChI=1S/C32H38N2O4/c1-17-20(4)37-30-19(3)31-25(14-24(17)30)18(2)26(32(36)38-31)15-28(35)34-11-7-8-21-12-22-13-23(29(21)34)16-33-10-6-5-9-27(22)33/h12,14,22-23,27,29H,5-11,13,15-16H2,1-4H3. The molecule has 7 rings (SSSR count). The van der Waals surface area contributed by atoms with Crippen molar-refractivity contribution in [2.45, 2.75) is 84.7 Å². The summed E-state index contributed by atoms with van der Waals surface area (Å²) in [6, 6.07) is 2.94. The summed E-state index contributed by atoms with van der Waals surface area (Å²) in [5.41, 5.74) is 5.66. The maximum atomic E-state index is 13.9. The maximum absolute atomic E-state index is 13.9. The summed E-state index contributed by atoms with van der Waals surface area (Å²) in [7, 11) is 0. The number of carbonyl (C=O) groups is 1. The Labute approximate surface area is 223 Å². The van der Waals surface area contributed by atoms with E-state index in [4.69, 9.17) is 8.83 Å². The van der Waals surface area contributed by atoms with Crippen molar-refractivity contribution in [3.05, 3.63) is 56.1 Å². The lowest BCUT2D eigenvalue weighted by Crippen LogP contribution is -2.60. The van der Waals surface area contributed by atoms with Crippen LogP contribution in [-0.4, -0.2) is 47.4 Å². The fourth-order valence-electron chi connectivity index (χ4n) is 8.20. The highest BCUT2D eigenvalue weighted by Crippen LogP contribution is 2.45. The van der Waals surface area contributed by atoms with Crippen molar-refractivity contribution in [2.75, 3.05) is 19.6 Å². The van der Waals surface area contributed by atoms with E-state index in [1.54, 1.807) is 0 Å². The predicted octanol–water partition coefficient (Wildman–Crippen LogP) is 5.74. The molecule has 4 unspecified atom stereocenters. The molecule has 0 saturated carbocycles. The number of furan rings is 1. The van der Waals surface area contributed by atoms with Crippen LogP contribution in [0.25, 0.3) is 21.9 Å². The second-order valence-corrected chi connectivity index (χ2v) is 12.3. The maximum Gasteiger partial charge on any atom is 0.340 e. The zero-order valence-corrected chi connectivity index (χ0v) is 23.1. The average Bonchev–Trinajstić information content (AvgIpc) is 3.20. The van der Waals surface area contributed by atoms with Crippen LogP contribution in [0.5, 0.6) is 0 Å². The molecule has 4 aliphatic rings. The fraction of sp³-hybridized carbons (Fsp3) is 0.562. The highest BCUT2D eigenvalue weighted by molar-refractivity contribution is 6.00. The summed E-state index contributed by atoms with van der Waals surface area (Å²) in [5, 5.41) is 1.93. The molecule has 5 heterocycles. The van der Waals surface area contributed by atoms with E-state index in [1.807, 2.05) is 20.8 Å². The third-order valence-corrected chi connectivity index (χ3v) is 10.2. The molecule has 0 N–H and O–H groups in total. The molecule has 4 atom stereocenters. The average molecular weight is 515 g/mol. The van der Waals surface area contributed by atoms with Gasteiger partial charge < -0.3 is 13.7 Å². The van der Waals surface area contributed by atoms with E-state index in [-0.39, 0.29) is 18.4 Å². The summed E-state index contributed by atoms with van der Waals surface area (Å²) in [6.07, 6.45) is 9.88. The fourth-order valence-corrected chi connectivity index (χ4v) is 8.20. The van der Waals surface area contributed by atoms with Crippen molar-refractivity contribution >= 4 is 27.8 Å². The molecule has 3 aromatic rings. The Morgan fingerprint density at radius 3 is 2.61 bits per heavy atom. The second-order valence-electron chi connectivity index (χ2n) is 12.3. The van der Waals surface area contributed by atoms with Crippen LogP contribution in [0.15, 0.2) is 31.3 Å². The molecular formula is C32H38N2O4. The lowest BCUT2D eigenvalue weighted by molar-refractivity contribution is -0.135. The number of fused-ring (bicyclic) bond motifs is 8. The molecule has 6 nitrogen and oxygen atoms in total. The Bertz CT molecular complexity index is 1560. The van der Waals surface area contributed by atoms with Crippen LogP contribution < -0.4 is 5.63 Å². The monoisotopic (exact) mass is 514 g/mol. The van der Waals surface area contributed by atoms with Gasteiger partial charge in [0, 0.05) is 35.5 Å². The van der Waals surface area contributed by atoms with E-state index >= 15 is 0 Å². The summed E-state index contributed by atoms with van der Waals surface area (Å²) in [6.45, 7) is 11.0. The van der Waals surface area contributed by atoms with Crippen LogP contribution in [0, 0.1) is 39.5 Å². The predicted molar refractivity (Wildman–Crippen MR) is 149 cm³/mol. The van der Waals surface area contributed by atoms with E-state index in [2.05, 4.69) is 28.9 Å². The summed E-state index contributed by atoms with van der Waals surface area (Å²) in [5.74, 6) is 2.06. The van der Waals surface area contributed by atoms with Gasteiger partial charge in [-0.2, -0.15) is 0 Å². The topological polar surface area (TPSA) is 66.9 Å². The quantitative estimate of drug-likeness (QED) is 0.322. The molecular weight excluding hydrogens is 476 g/mol. The molecule has 1 aromatic carbocycles. The van der Waals surface area contributed by atoms with Gasteiger partial charge in [0.2, 0.25) is 5.91 Å². The van der Waals surface area contributed by atoms with Crippen LogP contribution >= 0.6 is 0 Å². The van der Waals surface area contributed by atoms with Crippen molar-refractivity contribution in [2.24, 2.45) is 11.8 Å². The van der Waals surface area contributed by atoms with Crippen LogP contribution in [-0.2, 0) is 11.2 Å². The molecule has 0 spiro atoms. The van der Waals surface area contributed by atoms with E-state index in [1.165, 1.54) is 37.8 Å². The number of carbonyl (C=O) groups excluding carboxylic acids is 1. The molecule has 200 valence electrons. The van der Waals surface area contributed by atoms with Gasteiger partial charge in [0.1, 0.15) is 16.9 Å². The Kier molecular flexibility index (Phi) is 5.63. The van der Waals surface area contributed by atoms with Gasteiger partial charge in [-0.1, -0.05) is 18.1 Å². The van der Waals surface area contributed by atoms with Crippen LogP contribution in [0.2, 0.25) is 0 Å². The van der Waals surface area contributed by atoms with Gasteiger partial charge in [0.15, 0.2) is 0 Å². The SMILES string of the molecule is Cc1oc2c(C)c3oc(=O)c(CC(=O)N4CCCC5=CC6CC(CN7CCCCC67)C54)c(C)c3cc2c1C. The van der Waals surface area contributed by atoms with E-state index in [0.717, 1.165) is 64.7 Å². The van der Waals surface area contributed by atoms with E-state index < -0.39 is 5.63 Å². The van der Waals surface area contributed by atoms with E-state index in [0.29, 0.717) is 29.0 Å². The number of benzene rings is 1. The molecule has 6 heteroatoms. The van der Waals surface area contributed by atoms with Gasteiger partial charge in [0.05, 0.1) is 18.0 Å². The van der Waals surface area contributed by atoms with Gasteiger partial charge in [-0.05, 0) is 95.4 Å². The first kappa shape index (κ1) is 24.2. The zero-order chi connectivity index (χ0) is 26.3. The van der Waals surface area contributed by atoms with E-state index in [9.17, 15) is 9.59 Å². The molecule has 3 fully saturated rings. The third-order valence-electron chi connectivity index (χ3n) is 10.2. The number of likely N-dealkylation sites (tertiary alicyclic amines) is 1. The number of hydrogen-bond donors (Lipinski definition) is 0. The Morgan fingerprint density at radius 2 is 1.76 bits per heavy atom. The minimum absolute atomic E-state index is 0.0581. The second kappa shape index (κ2) is 8.84. The summed E-state index contributed by atoms with van der Waals surface area (Å²) < 4.78 is 11.9. The van der Waals surface area contributed by atoms with Gasteiger partial charge in [0.25, 0.3) is 0 Å². The Balaban J connectivity index is 1.23. The minimum atomic E-state index is -0.406. The van der Waals surface area contributed by atoms with Crippen molar-refractivity contribution in [3.63, 3.8) is 0 Å². The molecule has 38 heavy (non-hydrogen) atoms. The van der Waals surface area contributed by atoms with Gasteiger partial charge in [-0.15, -0.1) is 0 Å². The minimum Gasteiger partial charge on any atom is -0.461 e. The first-order valence-electron chi connectivity index (χ1n) is 14.5. The van der Waals surface area contributed by atoms with Gasteiger partial charge in [-0.3, -0.25) is 9.69 Å². The smallest absolute Gasteiger partial charge is 0.340 e.